The molecule has 0 spiro atoms. The van der Waals surface area contributed by atoms with Gasteiger partial charge in [-0.1, -0.05) is 18.9 Å². The van der Waals surface area contributed by atoms with E-state index in [1.165, 1.54) is 68.9 Å². The van der Waals surface area contributed by atoms with Crippen molar-refractivity contribution < 1.29 is 22.7 Å². The van der Waals surface area contributed by atoms with Crippen LogP contribution in [0.25, 0.3) is 5.69 Å². The Morgan fingerprint density at radius 2 is 1.79 bits per heavy atom. The highest BCUT2D eigenvalue weighted by molar-refractivity contribution is 5.95. The summed E-state index contributed by atoms with van der Waals surface area (Å²) >= 11 is 0. The van der Waals surface area contributed by atoms with Gasteiger partial charge in [0, 0.05) is 19.6 Å². The lowest BCUT2D eigenvalue weighted by molar-refractivity contribution is -0.137. The van der Waals surface area contributed by atoms with Gasteiger partial charge in [0.1, 0.15) is 0 Å². The second-order valence-corrected chi connectivity index (χ2v) is 8.99. The fraction of sp³-hybridized carbons (Fsp3) is 0.583. The highest BCUT2D eigenvalue weighted by atomic mass is 19.4. The lowest BCUT2D eigenvalue weighted by atomic mass is 9.96. The third-order valence-corrected chi connectivity index (χ3v) is 6.66. The first-order valence-electron chi connectivity index (χ1n) is 11.7. The number of hydrogen-bond donors (Lipinski definition) is 0. The molecule has 0 bridgehead atoms. The average Bonchev–Trinajstić information content (AvgIpc) is 3.09. The van der Waals surface area contributed by atoms with E-state index in [1.807, 2.05) is 0 Å². The van der Waals surface area contributed by atoms with Crippen LogP contribution in [0.15, 0.2) is 30.5 Å². The van der Waals surface area contributed by atoms with E-state index in [-0.39, 0.29) is 23.0 Å². The number of benzene rings is 1. The number of piperidine rings is 1. The van der Waals surface area contributed by atoms with Gasteiger partial charge in [-0.15, -0.1) is 0 Å². The minimum atomic E-state index is -4.45. The molecular formula is C24H31F3N4O2. The van der Waals surface area contributed by atoms with Gasteiger partial charge in [0.2, 0.25) is 0 Å². The maximum atomic E-state index is 13.2. The van der Waals surface area contributed by atoms with Crippen molar-refractivity contribution in [3.8, 4) is 11.4 Å². The third-order valence-electron chi connectivity index (χ3n) is 6.66. The molecule has 2 aliphatic rings. The lowest BCUT2D eigenvalue weighted by Gasteiger charge is -2.34. The molecule has 9 heteroatoms. The van der Waals surface area contributed by atoms with E-state index in [2.05, 4.69) is 10.00 Å². The maximum absolute atomic E-state index is 13.2. The summed E-state index contributed by atoms with van der Waals surface area (Å²) in [6.45, 7) is 4.73. The second kappa shape index (κ2) is 10.2. The van der Waals surface area contributed by atoms with Crippen molar-refractivity contribution in [3.05, 3.63) is 41.7 Å². The maximum Gasteiger partial charge on any atom is 0.416 e. The molecule has 2 aliphatic heterocycles. The number of methoxy groups -OCH3 is 1. The van der Waals surface area contributed by atoms with Crippen molar-refractivity contribution in [2.45, 2.75) is 44.7 Å². The summed E-state index contributed by atoms with van der Waals surface area (Å²) in [6.07, 6.45) is 4.06. The smallest absolute Gasteiger partial charge is 0.416 e. The zero-order chi connectivity index (χ0) is 23.4. The summed E-state index contributed by atoms with van der Waals surface area (Å²) in [5.74, 6) is 0.589. The van der Waals surface area contributed by atoms with Gasteiger partial charge in [-0.3, -0.25) is 4.79 Å². The molecule has 6 nitrogen and oxygen atoms in total. The Morgan fingerprint density at radius 3 is 2.42 bits per heavy atom. The number of alkyl halides is 3. The Labute approximate surface area is 192 Å². The van der Waals surface area contributed by atoms with E-state index >= 15 is 0 Å². The van der Waals surface area contributed by atoms with Crippen LogP contribution in [0.2, 0.25) is 0 Å². The summed E-state index contributed by atoms with van der Waals surface area (Å²) in [6, 6.07) is 4.86. The van der Waals surface area contributed by atoms with Gasteiger partial charge < -0.3 is 14.5 Å². The lowest BCUT2D eigenvalue weighted by Crippen LogP contribution is -2.42. The number of ether oxygens (including phenoxy) is 1. The molecular weight excluding hydrogens is 433 g/mol. The average molecular weight is 465 g/mol. The van der Waals surface area contributed by atoms with E-state index < -0.39 is 11.7 Å². The van der Waals surface area contributed by atoms with Gasteiger partial charge in [-0.2, -0.15) is 18.3 Å². The van der Waals surface area contributed by atoms with Gasteiger partial charge in [0.25, 0.3) is 5.91 Å². The topological polar surface area (TPSA) is 50.6 Å². The van der Waals surface area contributed by atoms with Crippen molar-refractivity contribution in [2.24, 2.45) is 5.92 Å². The van der Waals surface area contributed by atoms with Crippen LogP contribution in [0.1, 0.15) is 54.6 Å². The van der Waals surface area contributed by atoms with E-state index in [9.17, 15) is 18.0 Å². The van der Waals surface area contributed by atoms with Crippen LogP contribution < -0.4 is 4.74 Å². The molecule has 2 aromatic rings. The van der Waals surface area contributed by atoms with E-state index in [0.717, 1.165) is 31.5 Å². The predicted molar refractivity (Wildman–Crippen MR) is 119 cm³/mol. The van der Waals surface area contributed by atoms with Crippen molar-refractivity contribution in [3.63, 3.8) is 0 Å². The first-order valence-corrected chi connectivity index (χ1v) is 11.7. The molecule has 0 unspecified atom stereocenters. The summed E-state index contributed by atoms with van der Waals surface area (Å²) in [4.78, 5) is 17.5. The molecule has 33 heavy (non-hydrogen) atoms. The Kier molecular flexibility index (Phi) is 7.26. The first-order chi connectivity index (χ1) is 15.8. The molecule has 0 radical (unpaired) electrons. The van der Waals surface area contributed by atoms with Gasteiger partial charge >= 0.3 is 6.18 Å². The minimum absolute atomic E-state index is 0.126. The number of carbonyl (C=O) groups excluding carboxylic acids is 1. The van der Waals surface area contributed by atoms with Crippen LogP contribution in [0, 0.1) is 5.92 Å². The van der Waals surface area contributed by atoms with Crippen molar-refractivity contribution >= 4 is 5.91 Å². The third kappa shape index (κ3) is 5.69. The van der Waals surface area contributed by atoms with Crippen LogP contribution in [-0.4, -0.2) is 65.3 Å². The molecule has 2 saturated heterocycles. The molecule has 180 valence electrons. The fourth-order valence-electron chi connectivity index (χ4n) is 4.76. The highest BCUT2D eigenvalue weighted by Crippen LogP contribution is 2.31. The Morgan fingerprint density at radius 1 is 1.09 bits per heavy atom. The Bertz CT molecular complexity index is 943. The highest BCUT2D eigenvalue weighted by Gasteiger charge is 2.32. The van der Waals surface area contributed by atoms with E-state index in [4.69, 9.17) is 4.74 Å². The van der Waals surface area contributed by atoms with Crippen molar-refractivity contribution in [1.29, 1.82) is 0 Å². The number of aromatic nitrogens is 2. The van der Waals surface area contributed by atoms with Crippen LogP contribution >= 0.6 is 0 Å². The summed E-state index contributed by atoms with van der Waals surface area (Å²) in [7, 11) is 1.43. The van der Waals surface area contributed by atoms with E-state index in [0.29, 0.717) is 19.0 Å². The molecule has 0 atom stereocenters. The fourth-order valence-corrected chi connectivity index (χ4v) is 4.76. The van der Waals surface area contributed by atoms with Gasteiger partial charge in [-0.05, 0) is 62.9 Å². The zero-order valence-corrected chi connectivity index (χ0v) is 19.0. The van der Waals surface area contributed by atoms with Crippen LogP contribution in [0.5, 0.6) is 5.75 Å². The monoisotopic (exact) mass is 464 g/mol. The number of halogens is 3. The quantitative estimate of drug-likeness (QED) is 0.648. The molecule has 1 aromatic heterocycles. The van der Waals surface area contributed by atoms with Gasteiger partial charge in [0.05, 0.1) is 24.6 Å². The van der Waals surface area contributed by atoms with E-state index in [1.54, 1.807) is 4.90 Å². The SMILES string of the molecule is COc1cn(-c2cccc(C(F)(F)F)c2)nc1C(=O)N1CCC(CN2CCCCCC2)CC1. The zero-order valence-electron chi connectivity index (χ0n) is 19.0. The number of hydrogen-bond acceptors (Lipinski definition) is 4. The Hall–Kier alpha value is -2.55. The summed E-state index contributed by atoms with van der Waals surface area (Å²) < 4.78 is 45.9. The summed E-state index contributed by atoms with van der Waals surface area (Å²) in [5, 5.41) is 4.30. The molecule has 1 aromatic carbocycles. The minimum Gasteiger partial charge on any atom is -0.493 e. The molecule has 3 heterocycles. The number of nitrogens with zero attached hydrogens (tertiary/aromatic N) is 4. The molecule has 0 saturated carbocycles. The van der Waals surface area contributed by atoms with Crippen molar-refractivity contribution in [1.82, 2.24) is 19.6 Å². The normalized spacial score (nSPS) is 18.8. The van der Waals surface area contributed by atoms with Crippen molar-refractivity contribution in [2.75, 3.05) is 39.8 Å². The molecule has 0 aliphatic carbocycles. The van der Waals surface area contributed by atoms with Gasteiger partial charge in [0.15, 0.2) is 11.4 Å². The standard InChI is InChI=1S/C24H31F3N4O2/c1-33-21-17-31(20-8-6-7-19(15-20)24(25,26)27)28-22(21)23(32)30-13-9-18(10-14-30)16-29-11-4-2-3-5-12-29/h6-8,15,17-18H,2-5,9-14,16H2,1H3. The number of amides is 1. The molecule has 0 N–H and O–H groups in total. The van der Waals surface area contributed by atoms with Gasteiger partial charge in [-0.25, -0.2) is 4.68 Å². The van der Waals surface area contributed by atoms with Crippen LogP contribution in [0.4, 0.5) is 13.2 Å². The molecule has 1 amide bonds. The number of rotatable bonds is 5. The molecule has 2 fully saturated rings. The largest absolute Gasteiger partial charge is 0.493 e. The summed E-state index contributed by atoms with van der Waals surface area (Å²) in [5.41, 5.74) is -0.423. The predicted octanol–water partition coefficient (Wildman–Crippen LogP) is 4.63. The Balaban J connectivity index is 1.42. The number of carbonyl (C=O) groups is 1. The number of likely N-dealkylation sites (tertiary alicyclic amines) is 2. The molecule has 4 rings (SSSR count). The second-order valence-electron chi connectivity index (χ2n) is 8.99. The van der Waals surface area contributed by atoms with Crippen LogP contribution in [-0.2, 0) is 6.18 Å². The first kappa shape index (κ1) is 23.6. The van der Waals surface area contributed by atoms with Crippen LogP contribution in [0.3, 0.4) is 0 Å².